The van der Waals surface area contributed by atoms with Crippen molar-refractivity contribution in [2.45, 2.75) is 6.92 Å². The average Bonchev–Trinajstić information content (AvgIpc) is 3.37. The minimum atomic E-state index is -0.208. The molecule has 1 aromatic carbocycles. The number of carbonyl (C=O) groups excluding carboxylic acids is 1. The number of ketones is 1. The molecule has 0 amide bonds. The average molecular weight is 462 g/mol. The fourth-order valence-electron chi connectivity index (χ4n) is 2.29. The summed E-state index contributed by atoms with van der Waals surface area (Å²) in [5.41, 5.74) is 24.2. The molecule has 0 bridgehead atoms. The van der Waals surface area contributed by atoms with Gasteiger partial charge in [-0.25, -0.2) is 4.98 Å². The Labute approximate surface area is 204 Å². The van der Waals surface area contributed by atoms with Crippen LogP contribution in [0.25, 0.3) is 17.0 Å². The van der Waals surface area contributed by atoms with Crippen molar-refractivity contribution in [2.75, 3.05) is 0 Å². The first-order valence-corrected chi connectivity index (χ1v) is 10.0. The zero-order chi connectivity index (χ0) is 25.2. The van der Waals surface area contributed by atoms with Crippen LogP contribution < -0.4 is 0 Å². The van der Waals surface area contributed by atoms with Crippen LogP contribution in [0.1, 0.15) is 21.7 Å². The zero-order valence-electron chi connectivity index (χ0n) is 18.7. The van der Waals surface area contributed by atoms with E-state index in [1.165, 1.54) is 12.3 Å². The molecule has 0 saturated heterocycles. The van der Waals surface area contributed by atoms with Gasteiger partial charge in [0.2, 0.25) is 5.78 Å². The number of rotatable bonds is 3. The zero-order valence-corrected chi connectivity index (χ0v) is 19.4. The highest BCUT2D eigenvalue weighted by Crippen LogP contribution is 2.22. The highest BCUT2D eigenvalue weighted by atomic mass is 35.5. The van der Waals surface area contributed by atoms with Crippen LogP contribution >= 0.6 is 11.6 Å². The van der Waals surface area contributed by atoms with Gasteiger partial charge >= 0.3 is 0 Å². The lowest BCUT2D eigenvalue weighted by molar-refractivity contribution is 0.102. The Balaban J connectivity index is 0.000000370. The summed E-state index contributed by atoms with van der Waals surface area (Å²) in [6, 6.07) is 11.2. The molecule has 0 atom stereocenters. The van der Waals surface area contributed by atoms with Crippen molar-refractivity contribution in [1.29, 1.82) is 0 Å². The molecule has 3 rings (SSSR count). The summed E-state index contributed by atoms with van der Waals surface area (Å²) >= 11 is 6.15. The maximum Gasteiger partial charge on any atom is 0.221 e. The summed E-state index contributed by atoms with van der Waals surface area (Å²) in [6.45, 7) is 15.0. The SMILES string of the molecule is C=C=C=C=C.C=C=C=C=C=C=C=C.Cc1ccc2nc(Cl)c(/C=C/C(=O)c3ccco3)cc2c1. The van der Waals surface area contributed by atoms with Gasteiger partial charge in [-0.3, -0.25) is 4.79 Å². The van der Waals surface area contributed by atoms with Crippen LogP contribution in [0.2, 0.25) is 5.15 Å². The number of furan rings is 1. The van der Waals surface area contributed by atoms with Crippen molar-refractivity contribution in [2.24, 2.45) is 0 Å². The summed E-state index contributed by atoms with van der Waals surface area (Å²) in [7, 11) is 0. The lowest BCUT2D eigenvalue weighted by Gasteiger charge is -2.03. The van der Waals surface area contributed by atoms with Gasteiger partial charge in [0.25, 0.3) is 0 Å². The summed E-state index contributed by atoms with van der Waals surface area (Å²) in [5.74, 6) is 0.0902. The molecule has 34 heavy (non-hydrogen) atoms. The van der Waals surface area contributed by atoms with Crippen LogP contribution in [0.15, 0.2) is 131 Å². The molecular weight excluding hydrogens is 442 g/mol. The van der Waals surface area contributed by atoms with Crippen molar-refractivity contribution in [3.63, 3.8) is 0 Å². The lowest BCUT2D eigenvalue weighted by Crippen LogP contribution is -1.91. The largest absolute Gasteiger partial charge is 0.461 e. The van der Waals surface area contributed by atoms with Crippen LogP contribution in [0.4, 0.5) is 0 Å². The third-order valence-corrected chi connectivity index (χ3v) is 3.97. The Bertz CT molecular complexity index is 1480. The quantitative estimate of drug-likeness (QED) is 0.174. The van der Waals surface area contributed by atoms with E-state index in [4.69, 9.17) is 16.0 Å². The summed E-state index contributed by atoms with van der Waals surface area (Å²) < 4.78 is 5.05. The van der Waals surface area contributed by atoms with E-state index < -0.39 is 0 Å². The van der Waals surface area contributed by atoms with Gasteiger partial charge < -0.3 is 4.42 Å². The lowest BCUT2D eigenvalue weighted by atomic mass is 10.1. The molecule has 0 aliphatic heterocycles. The smallest absolute Gasteiger partial charge is 0.221 e. The number of fused-ring (bicyclic) bond motifs is 1. The number of carbonyl (C=O) groups is 1. The maximum absolute atomic E-state index is 11.9. The molecule has 3 nitrogen and oxygen atoms in total. The van der Waals surface area contributed by atoms with Gasteiger partial charge in [-0.2, -0.15) is 0 Å². The number of aryl methyl sites for hydroxylation is 1. The monoisotopic (exact) mass is 461 g/mol. The minimum Gasteiger partial charge on any atom is -0.461 e. The van der Waals surface area contributed by atoms with Crippen LogP contribution in [-0.2, 0) is 0 Å². The number of pyridine rings is 1. The summed E-state index contributed by atoms with van der Waals surface area (Å²) in [6.07, 6.45) is 4.56. The molecule has 0 N–H and O–H groups in total. The van der Waals surface area contributed by atoms with Crippen molar-refractivity contribution < 1.29 is 9.21 Å². The number of aromatic nitrogens is 1. The first kappa shape index (κ1) is 27.1. The Morgan fingerprint density at radius 2 is 1.59 bits per heavy atom. The highest BCUT2D eigenvalue weighted by molar-refractivity contribution is 6.31. The predicted molar refractivity (Wildman–Crippen MR) is 138 cm³/mol. The molecule has 0 aliphatic rings. The minimum absolute atomic E-state index is 0.208. The van der Waals surface area contributed by atoms with Gasteiger partial charge in [0.05, 0.1) is 11.8 Å². The number of halogens is 1. The van der Waals surface area contributed by atoms with Crippen molar-refractivity contribution in [3.05, 3.63) is 149 Å². The van der Waals surface area contributed by atoms with Gasteiger partial charge in [-0.05, 0) is 104 Å². The molecule has 0 radical (unpaired) electrons. The molecule has 2 heterocycles. The number of nitrogens with zero attached hydrogens (tertiary/aromatic N) is 1. The normalized spacial score (nSPS) is 8.29. The van der Waals surface area contributed by atoms with Gasteiger partial charge in [0.1, 0.15) is 5.15 Å². The molecule has 4 heteroatoms. The number of allylic oxidation sites excluding steroid dienone is 1. The molecular formula is C30H20ClNO2. The molecule has 0 fully saturated rings. The van der Waals surface area contributed by atoms with Crippen molar-refractivity contribution in [3.8, 4) is 0 Å². The Morgan fingerprint density at radius 3 is 2.12 bits per heavy atom. The Kier molecular flexibility index (Phi) is 12.6. The van der Waals surface area contributed by atoms with E-state index >= 15 is 0 Å². The van der Waals surface area contributed by atoms with Crippen molar-refractivity contribution in [1.82, 2.24) is 4.98 Å². The number of hydrogen-bond acceptors (Lipinski definition) is 3. The molecule has 0 spiro atoms. The fourth-order valence-corrected chi connectivity index (χ4v) is 2.49. The first-order valence-electron chi connectivity index (χ1n) is 9.63. The van der Waals surface area contributed by atoms with Crippen LogP contribution in [0.5, 0.6) is 0 Å². The summed E-state index contributed by atoms with van der Waals surface area (Å²) in [4.78, 5) is 16.2. The van der Waals surface area contributed by atoms with Gasteiger partial charge in [-0.1, -0.05) is 46.2 Å². The number of benzene rings is 1. The first-order chi connectivity index (χ1) is 16.5. The topological polar surface area (TPSA) is 43.1 Å². The predicted octanol–water partition coefficient (Wildman–Crippen LogP) is 7.69. The third-order valence-electron chi connectivity index (χ3n) is 3.67. The number of hydrogen-bond donors (Lipinski definition) is 0. The molecule has 3 aromatic rings. The second kappa shape index (κ2) is 15.8. The molecule has 0 saturated carbocycles. The van der Waals surface area contributed by atoms with Crippen LogP contribution in [0.3, 0.4) is 0 Å². The van der Waals surface area contributed by atoms with Crippen LogP contribution in [-0.4, -0.2) is 10.8 Å². The van der Waals surface area contributed by atoms with E-state index in [2.05, 4.69) is 82.9 Å². The van der Waals surface area contributed by atoms with E-state index in [0.717, 1.165) is 16.5 Å². The molecule has 0 unspecified atom stereocenters. The van der Waals surface area contributed by atoms with E-state index in [-0.39, 0.29) is 5.78 Å². The third kappa shape index (κ3) is 9.94. The van der Waals surface area contributed by atoms with Crippen molar-refractivity contribution >= 4 is 34.4 Å². The molecule has 0 aliphatic carbocycles. The van der Waals surface area contributed by atoms with E-state index in [1.54, 1.807) is 18.2 Å². The van der Waals surface area contributed by atoms with Gasteiger partial charge in [0, 0.05) is 10.9 Å². The molecule has 2 aromatic heterocycles. The summed E-state index contributed by atoms with van der Waals surface area (Å²) in [5, 5.41) is 1.36. The van der Waals surface area contributed by atoms with E-state index in [0.29, 0.717) is 16.5 Å². The highest BCUT2D eigenvalue weighted by Gasteiger charge is 2.06. The van der Waals surface area contributed by atoms with Crippen LogP contribution in [0, 0.1) is 6.92 Å². The van der Waals surface area contributed by atoms with E-state index in [9.17, 15) is 4.79 Å². The Morgan fingerprint density at radius 1 is 0.941 bits per heavy atom. The second-order valence-corrected chi connectivity index (χ2v) is 6.43. The maximum atomic E-state index is 11.9. The molecule has 164 valence electrons. The van der Waals surface area contributed by atoms with E-state index in [1.807, 2.05) is 31.2 Å². The van der Waals surface area contributed by atoms with Gasteiger partial charge in [-0.15, -0.1) is 0 Å². The fraction of sp³-hybridized carbons (Fsp3) is 0.0333. The standard InChI is InChI=1S/C17H12ClNO2.C8H4.C5H4/c1-11-4-6-14-13(9-11)10-12(17(18)19-14)5-7-15(20)16-3-2-8-21-16;1-3-5-7-8-6-4-2;1-3-5-4-2/h2-10H,1H3;1-2H2;1-2H2/b7-5+;;. The second-order valence-electron chi connectivity index (χ2n) is 6.07. The van der Waals surface area contributed by atoms with Gasteiger partial charge in [0.15, 0.2) is 5.76 Å². The Hall–Kier alpha value is -4.89.